The number of benzene rings is 3. The molecule has 3 aliphatic heterocycles. The van der Waals surface area contributed by atoms with E-state index in [9.17, 15) is 0 Å². The Hall–Kier alpha value is -3.57. The Morgan fingerprint density at radius 1 is 0.509 bits per heavy atom. The number of aryl methyl sites for hydroxylation is 2. The second-order valence-electron chi connectivity index (χ2n) is 15.5. The summed E-state index contributed by atoms with van der Waals surface area (Å²) >= 11 is 5.76. The molecule has 0 amide bonds. The van der Waals surface area contributed by atoms with Gasteiger partial charge in [0.05, 0.1) is 26.4 Å². The number of nitrogens with zero attached hydrogens (tertiary/aromatic N) is 3. The van der Waals surface area contributed by atoms with Gasteiger partial charge in [0.15, 0.2) is 0 Å². The molecule has 0 atom stereocenters. The van der Waals surface area contributed by atoms with E-state index in [2.05, 4.69) is 132 Å². The summed E-state index contributed by atoms with van der Waals surface area (Å²) in [5.41, 5.74) is 6.66. The summed E-state index contributed by atoms with van der Waals surface area (Å²) in [5.74, 6) is 2.18. The molecule has 9 heteroatoms. The predicted octanol–water partition coefficient (Wildman–Crippen LogP) is 10.5. The van der Waals surface area contributed by atoms with Crippen molar-refractivity contribution >= 4 is 34.0 Å². The topological polar surface area (TPSA) is 74.8 Å². The number of rotatable bonds is 10. The van der Waals surface area contributed by atoms with Gasteiger partial charge >= 0.3 is 0 Å². The first-order valence-corrected chi connectivity index (χ1v) is 23.7. The van der Waals surface area contributed by atoms with E-state index in [0.29, 0.717) is 0 Å². The van der Waals surface area contributed by atoms with E-state index in [1.54, 1.807) is 4.88 Å². The molecule has 300 valence electrons. The molecule has 6 aromatic rings. The van der Waals surface area contributed by atoms with Crippen molar-refractivity contribution in [2.24, 2.45) is 0 Å². The molecule has 0 spiro atoms. The monoisotopic (exact) mass is 816 g/mol. The summed E-state index contributed by atoms with van der Waals surface area (Å²) in [5, 5.41) is 14.1. The van der Waals surface area contributed by atoms with E-state index in [4.69, 9.17) is 9.97 Å². The van der Waals surface area contributed by atoms with Gasteiger partial charge in [-0.15, -0.1) is 34.0 Å². The highest BCUT2D eigenvalue weighted by Crippen LogP contribution is 2.35. The lowest BCUT2D eigenvalue weighted by atomic mass is 9.95. The maximum atomic E-state index is 4.90. The minimum absolute atomic E-state index is 0.725. The van der Waals surface area contributed by atoms with Crippen LogP contribution in [-0.4, -0.2) is 54.2 Å². The van der Waals surface area contributed by atoms with E-state index < -0.39 is 0 Å². The number of thiazole rings is 3. The standard InChI is InChI=1S/C17H22N2S.C16H20N2S.C15H18N2S/c1-2-15-17(14-8-10-18-11-9-14)20-16(19-15)12-13-6-4-3-5-7-13;1-12-16(14-7-9-17-10-8-14)19-15(18-12)11-13-5-3-2-4-6-13;1-2-4-12(5-3-1)10-15-17-11-14(18-15)13-6-8-16-9-7-13/h3-7,14,18H,2,8-12H2,1H3;2-6,14,17H,7-11H2,1H3;1-5,11,13,16H,6-10H2. The molecule has 6 heterocycles. The maximum Gasteiger partial charge on any atom is 0.0975 e. The lowest BCUT2D eigenvalue weighted by Crippen LogP contribution is -2.26. The van der Waals surface area contributed by atoms with Gasteiger partial charge in [0.25, 0.3) is 0 Å². The summed E-state index contributed by atoms with van der Waals surface area (Å²) in [6.07, 6.45) is 13.6. The molecule has 0 aliphatic carbocycles. The highest BCUT2D eigenvalue weighted by molar-refractivity contribution is 7.12. The van der Waals surface area contributed by atoms with Crippen molar-refractivity contribution in [3.63, 3.8) is 0 Å². The lowest BCUT2D eigenvalue weighted by Gasteiger charge is -2.22. The van der Waals surface area contributed by atoms with Crippen molar-refractivity contribution in [2.75, 3.05) is 39.3 Å². The first kappa shape index (κ1) is 41.6. The van der Waals surface area contributed by atoms with Crippen molar-refractivity contribution in [2.45, 2.75) is 95.8 Å². The molecule has 0 saturated carbocycles. The highest BCUT2D eigenvalue weighted by Gasteiger charge is 2.23. The van der Waals surface area contributed by atoms with Crippen LogP contribution in [0.15, 0.2) is 97.2 Å². The van der Waals surface area contributed by atoms with Crippen LogP contribution in [0.4, 0.5) is 0 Å². The predicted molar refractivity (Wildman–Crippen MR) is 243 cm³/mol. The Morgan fingerprint density at radius 2 is 0.930 bits per heavy atom. The van der Waals surface area contributed by atoms with Gasteiger partial charge in [-0.2, -0.15) is 0 Å². The molecule has 0 unspecified atom stereocenters. The highest BCUT2D eigenvalue weighted by atomic mass is 32.1. The summed E-state index contributed by atoms with van der Waals surface area (Å²) in [7, 11) is 0. The zero-order chi connectivity index (χ0) is 39.1. The average molecular weight is 817 g/mol. The smallest absolute Gasteiger partial charge is 0.0975 e. The van der Waals surface area contributed by atoms with Gasteiger partial charge in [-0.3, -0.25) is 0 Å². The van der Waals surface area contributed by atoms with Crippen LogP contribution in [-0.2, 0) is 25.7 Å². The number of aromatic nitrogens is 3. The van der Waals surface area contributed by atoms with Gasteiger partial charge in [-0.25, -0.2) is 15.0 Å². The molecule has 0 radical (unpaired) electrons. The van der Waals surface area contributed by atoms with Crippen molar-refractivity contribution in [1.29, 1.82) is 0 Å². The molecule has 9 rings (SSSR count). The Balaban J connectivity index is 0.000000131. The summed E-state index contributed by atoms with van der Waals surface area (Å²) in [4.78, 5) is 18.8. The summed E-state index contributed by atoms with van der Waals surface area (Å²) < 4.78 is 0. The van der Waals surface area contributed by atoms with Crippen LogP contribution in [0.2, 0.25) is 0 Å². The van der Waals surface area contributed by atoms with E-state index in [0.717, 1.165) is 82.7 Å². The summed E-state index contributed by atoms with van der Waals surface area (Å²) in [6.45, 7) is 11.3. The van der Waals surface area contributed by atoms with E-state index in [1.165, 1.54) is 91.4 Å². The number of piperidine rings is 3. The van der Waals surface area contributed by atoms with Crippen LogP contribution in [0, 0.1) is 6.92 Å². The fraction of sp³-hybridized carbons (Fsp3) is 0.438. The minimum Gasteiger partial charge on any atom is -0.317 e. The molecule has 3 aliphatic rings. The van der Waals surface area contributed by atoms with Crippen molar-refractivity contribution in [3.8, 4) is 0 Å². The van der Waals surface area contributed by atoms with Gasteiger partial charge in [-0.1, -0.05) is 97.9 Å². The molecule has 3 N–H and O–H groups in total. The van der Waals surface area contributed by atoms with E-state index >= 15 is 0 Å². The van der Waals surface area contributed by atoms with Crippen molar-refractivity contribution < 1.29 is 0 Å². The van der Waals surface area contributed by atoms with Crippen molar-refractivity contribution in [3.05, 3.63) is 155 Å². The SMILES string of the molecule is CCc1nc(Cc2ccccc2)sc1C1CCNCC1.Cc1nc(Cc2ccccc2)sc1C1CCNCC1.c1ccc(Cc2ncc(C3CCNCC3)s2)cc1. The fourth-order valence-electron chi connectivity index (χ4n) is 8.16. The summed E-state index contributed by atoms with van der Waals surface area (Å²) in [6, 6.07) is 31.9. The largest absolute Gasteiger partial charge is 0.317 e. The average Bonchev–Trinajstić information content (AvgIpc) is 4.02. The van der Waals surface area contributed by atoms with Gasteiger partial charge in [0.2, 0.25) is 0 Å². The normalized spacial score (nSPS) is 16.7. The molecular weight excluding hydrogens is 757 g/mol. The van der Waals surface area contributed by atoms with E-state index in [-0.39, 0.29) is 0 Å². The third-order valence-corrected chi connectivity index (χ3v) is 15.1. The van der Waals surface area contributed by atoms with Gasteiger partial charge in [0.1, 0.15) is 0 Å². The molecule has 3 aromatic carbocycles. The van der Waals surface area contributed by atoms with Gasteiger partial charge in [-0.05, 0) is 126 Å². The molecule has 57 heavy (non-hydrogen) atoms. The van der Waals surface area contributed by atoms with Crippen LogP contribution in [0.5, 0.6) is 0 Å². The van der Waals surface area contributed by atoms with Gasteiger partial charge in [0, 0.05) is 40.1 Å². The molecule has 3 aromatic heterocycles. The van der Waals surface area contributed by atoms with Crippen LogP contribution in [0.25, 0.3) is 0 Å². The Bertz CT molecular complexity index is 2020. The molecule has 3 fully saturated rings. The van der Waals surface area contributed by atoms with E-state index in [1.807, 2.05) is 34.0 Å². The van der Waals surface area contributed by atoms with Gasteiger partial charge < -0.3 is 16.0 Å². The quantitative estimate of drug-likeness (QED) is 0.128. The Labute approximate surface area is 353 Å². The lowest BCUT2D eigenvalue weighted by molar-refractivity contribution is 0.463. The fourth-order valence-corrected chi connectivity index (χ4v) is 11.9. The second-order valence-corrected chi connectivity index (χ2v) is 18.9. The zero-order valence-electron chi connectivity index (χ0n) is 33.8. The third kappa shape index (κ3) is 12.5. The van der Waals surface area contributed by atoms with Crippen LogP contribution in [0.1, 0.15) is 121 Å². The number of hydrogen-bond donors (Lipinski definition) is 3. The van der Waals surface area contributed by atoms with Crippen LogP contribution < -0.4 is 16.0 Å². The number of hydrogen-bond acceptors (Lipinski definition) is 9. The minimum atomic E-state index is 0.725. The Kier molecular flexibility index (Phi) is 16.0. The molecule has 3 saturated heterocycles. The zero-order valence-corrected chi connectivity index (χ0v) is 36.3. The third-order valence-electron chi connectivity index (χ3n) is 11.3. The molecular formula is C48H60N6S3. The Morgan fingerprint density at radius 3 is 1.42 bits per heavy atom. The maximum absolute atomic E-state index is 4.90. The van der Waals surface area contributed by atoms with Crippen LogP contribution >= 0.6 is 34.0 Å². The van der Waals surface area contributed by atoms with Crippen LogP contribution in [0.3, 0.4) is 0 Å². The first-order chi connectivity index (χ1) is 28.1. The first-order valence-electron chi connectivity index (χ1n) is 21.2. The number of nitrogens with one attached hydrogen (secondary N) is 3. The molecule has 6 nitrogen and oxygen atoms in total. The second kappa shape index (κ2) is 22.0. The van der Waals surface area contributed by atoms with Crippen molar-refractivity contribution in [1.82, 2.24) is 30.9 Å². The molecule has 0 bridgehead atoms.